The molecule has 0 saturated heterocycles. The van der Waals surface area contributed by atoms with E-state index in [2.05, 4.69) is 23.9 Å². The van der Waals surface area contributed by atoms with Crippen molar-refractivity contribution >= 4 is 15.7 Å². The van der Waals surface area contributed by atoms with Gasteiger partial charge < -0.3 is 5.32 Å². The van der Waals surface area contributed by atoms with Gasteiger partial charge in [0, 0.05) is 18.3 Å². The van der Waals surface area contributed by atoms with Crippen LogP contribution in [0, 0.1) is 11.8 Å². The van der Waals surface area contributed by atoms with Crippen LogP contribution in [0.15, 0.2) is 29.2 Å². The minimum Gasteiger partial charge on any atom is -0.385 e. The molecule has 3 unspecified atom stereocenters. The third-order valence-electron chi connectivity index (χ3n) is 4.32. The summed E-state index contributed by atoms with van der Waals surface area (Å²) in [6, 6.07) is 6.98. The minimum atomic E-state index is -3.41. The second kappa shape index (κ2) is 6.14. The third-order valence-corrected chi connectivity index (χ3v) is 5.82. The standard InChI is InChI=1S/C15H24N2O2S/c1-4-16-13-6-8-14(9-7-13)20(18,19)17-15-10-5-11(2)12(15)3/h6-9,11-12,15-17H,4-5,10H2,1-3H3. The first-order valence-corrected chi connectivity index (χ1v) is 8.78. The maximum absolute atomic E-state index is 12.4. The molecular formula is C15H24N2O2S. The first-order chi connectivity index (χ1) is 9.44. The normalized spacial score (nSPS) is 26.6. The Balaban J connectivity index is 2.10. The first kappa shape index (κ1) is 15.3. The van der Waals surface area contributed by atoms with Crippen LogP contribution in [0.1, 0.15) is 33.6 Å². The van der Waals surface area contributed by atoms with Crippen molar-refractivity contribution in [3.8, 4) is 0 Å². The Morgan fingerprint density at radius 3 is 2.30 bits per heavy atom. The van der Waals surface area contributed by atoms with Crippen LogP contribution >= 0.6 is 0 Å². The Morgan fingerprint density at radius 1 is 1.15 bits per heavy atom. The molecule has 20 heavy (non-hydrogen) atoms. The summed E-state index contributed by atoms with van der Waals surface area (Å²) in [6.07, 6.45) is 2.02. The van der Waals surface area contributed by atoms with Crippen molar-refractivity contribution in [3.05, 3.63) is 24.3 Å². The van der Waals surface area contributed by atoms with E-state index in [4.69, 9.17) is 0 Å². The number of anilines is 1. The predicted molar refractivity (Wildman–Crippen MR) is 82.3 cm³/mol. The van der Waals surface area contributed by atoms with Crippen molar-refractivity contribution in [2.24, 2.45) is 11.8 Å². The second-order valence-corrected chi connectivity index (χ2v) is 7.41. The zero-order valence-corrected chi connectivity index (χ0v) is 13.2. The molecule has 0 heterocycles. The number of benzene rings is 1. The first-order valence-electron chi connectivity index (χ1n) is 7.30. The van der Waals surface area contributed by atoms with Crippen LogP contribution < -0.4 is 10.0 Å². The van der Waals surface area contributed by atoms with Gasteiger partial charge in [0.25, 0.3) is 0 Å². The zero-order chi connectivity index (χ0) is 14.8. The molecule has 3 atom stereocenters. The van der Waals surface area contributed by atoms with Gasteiger partial charge in [-0.2, -0.15) is 0 Å². The van der Waals surface area contributed by atoms with Gasteiger partial charge in [-0.25, -0.2) is 13.1 Å². The summed E-state index contributed by atoms with van der Waals surface area (Å²) < 4.78 is 27.6. The summed E-state index contributed by atoms with van der Waals surface area (Å²) in [5.74, 6) is 0.977. The molecule has 0 aromatic heterocycles. The topological polar surface area (TPSA) is 58.2 Å². The summed E-state index contributed by atoms with van der Waals surface area (Å²) >= 11 is 0. The van der Waals surface area contributed by atoms with E-state index in [-0.39, 0.29) is 6.04 Å². The predicted octanol–water partition coefficient (Wildman–Crippen LogP) is 2.83. The van der Waals surface area contributed by atoms with E-state index in [9.17, 15) is 8.42 Å². The zero-order valence-electron chi connectivity index (χ0n) is 12.4. The molecule has 1 aromatic rings. The highest BCUT2D eigenvalue weighted by atomic mass is 32.2. The molecule has 2 rings (SSSR count). The van der Waals surface area contributed by atoms with Gasteiger partial charge in [-0.1, -0.05) is 13.8 Å². The Bertz CT molecular complexity index is 539. The molecule has 112 valence electrons. The molecule has 0 spiro atoms. The van der Waals surface area contributed by atoms with Crippen LogP contribution in [0.2, 0.25) is 0 Å². The highest BCUT2D eigenvalue weighted by Crippen LogP contribution is 2.32. The van der Waals surface area contributed by atoms with E-state index < -0.39 is 10.0 Å². The Morgan fingerprint density at radius 2 is 1.80 bits per heavy atom. The largest absolute Gasteiger partial charge is 0.385 e. The molecule has 1 aliphatic carbocycles. The fourth-order valence-electron chi connectivity index (χ4n) is 2.75. The lowest BCUT2D eigenvalue weighted by atomic mass is 9.98. The number of nitrogens with one attached hydrogen (secondary N) is 2. The van der Waals surface area contributed by atoms with Gasteiger partial charge in [0.2, 0.25) is 10.0 Å². The van der Waals surface area contributed by atoms with Crippen LogP contribution in [-0.2, 0) is 10.0 Å². The molecule has 4 nitrogen and oxygen atoms in total. The van der Waals surface area contributed by atoms with Crippen molar-refractivity contribution in [1.29, 1.82) is 0 Å². The van der Waals surface area contributed by atoms with Crippen molar-refractivity contribution in [3.63, 3.8) is 0 Å². The molecule has 0 amide bonds. The van der Waals surface area contributed by atoms with Gasteiger partial charge in [0.15, 0.2) is 0 Å². The Hall–Kier alpha value is -1.07. The van der Waals surface area contributed by atoms with Crippen LogP contribution in [0.3, 0.4) is 0 Å². The molecule has 0 bridgehead atoms. The third kappa shape index (κ3) is 3.33. The van der Waals surface area contributed by atoms with E-state index >= 15 is 0 Å². The van der Waals surface area contributed by atoms with Crippen LogP contribution in [0.25, 0.3) is 0 Å². The van der Waals surface area contributed by atoms with Gasteiger partial charge in [-0.3, -0.25) is 0 Å². The van der Waals surface area contributed by atoms with Crippen LogP contribution in [0.5, 0.6) is 0 Å². The van der Waals surface area contributed by atoms with Gasteiger partial charge in [-0.05, 0) is 55.9 Å². The van der Waals surface area contributed by atoms with E-state index in [1.807, 2.05) is 6.92 Å². The van der Waals surface area contributed by atoms with Crippen molar-refractivity contribution in [1.82, 2.24) is 4.72 Å². The maximum atomic E-state index is 12.4. The van der Waals surface area contributed by atoms with Gasteiger partial charge in [0.1, 0.15) is 0 Å². The molecule has 0 radical (unpaired) electrons. The lowest BCUT2D eigenvalue weighted by Gasteiger charge is -2.19. The second-order valence-electron chi connectivity index (χ2n) is 5.70. The minimum absolute atomic E-state index is 0.0587. The summed E-state index contributed by atoms with van der Waals surface area (Å²) in [5.41, 5.74) is 0.939. The number of sulfonamides is 1. The summed E-state index contributed by atoms with van der Waals surface area (Å²) in [4.78, 5) is 0.339. The average Bonchev–Trinajstić information content (AvgIpc) is 2.71. The summed E-state index contributed by atoms with van der Waals surface area (Å²) in [5, 5.41) is 3.16. The molecule has 1 aliphatic rings. The lowest BCUT2D eigenvalue weighted by Crippen LogP contribution is -2.37. The molecule has 2 N–H and O–H groups in total. The SMILES string of the molecule is CCNc1ccc(S(=O)(=O)NC2CCC(C)C2C)cc1. The van der Waals surface area contributed by atoms with Gasteiger partial charge >= 0.3 is 0 Å². The number of hydrogen-bond donors (Lipinski definition) is 2. The van der Waals surface area contributed by atoms with Crippen LogP contribution in [0.4, 0.5) is 5.69 Å². The van der Waals surface area contributed by atoms with Crippen molar-refractivity contribution < 1.29 is 8.42 Å². The number of rotatable bonds is 5. The highest BCUT2D eigenvalue weighted by molar-refractivity contribution is 7.89. The smallest absolute Gasteiger partial charge is 0.240 e. The number of hydrogen-bond acceptors (Lipinski definition) is 3. The van der Waals surface area contributed by atoms with Crippen molar-refractivity contribution in [2.75, 3.05) is 11.9 Å². The maximum Gasteiger partial charge on any atom is 0.240 e. The Kier molecular flexibility index (Phi) is 4.70. The quantitative estimate of drug-likeness (QED) is 0.878. The fraction of sp³-hybridized carbons (Fsp3) is 0.600. The monoisotopic (exact) mass is 296 g/mol. The van der Waals surface area contributed by atoms with E-state index in [1.54, 1.807) is 24.3 Å². The van der Waals surface area contributed by atoms with E-state index in [0.29, 0.717) is 16.7 Å². The molecule has 5 heteroatoms. The van der Waals surface area contributed by atoms with Crippen LogP contribution in [-0.4, -0.2) is 21.0 Å². The lowest BCUT2D eigenvalue weighted by molar-refractivity contribution is 0.402. The molecular weight excluding hydrogens is 272 g/mol. The summed E-state index contributed by atoms with van der Waals surface area (Å²) in [6.45, 7) is 7.14. The molecule has 1 aromatic carbocycles. The van der Waals surface area contributed by atoms with E-state index in [1.165, 1.54) is 0 Å². The van der Waals surface area contributed by atoms with Gasteiger partial charge in [0.05, 0.1) is 4.90 Å². The molecule has 1 saturated carbocycles. The van der Waals surface area contributed by atoms with Gasteiger partial charge in [-0.15, -0.1) is 0 Å². The van der Waals surface area contributed by atoms with Crippen molar-refractivity contribution in [2.45, 2.75) is 44.6 Å². The average molecular weight is 296 g/mol. The molecule has 0 aliphatic heterocycles. The summed E-state index contributed by atoms with van der Waals surface area (Å²) in [7, 11) is -3.41. The van der Waals surface area contributed by atoms with E-state index in [0.717, 1.165) is 25.1 Å². The fourth-order valence-corrected chi connectivity index (χ4v) is 4.12. The highest BCUT2D eigenvalue weighted by Gasteiger charge is 2.32. The molecule has 1 fully saturated rings. The Labute approximate surface area is 122 Å².